The lowest BCUT2D eigenvalue weighted by Crippen LogP contribution is -2.48. The number of nitrogens with one attached hydrogen (secondary N) is 1. The van der Waals surface area contributed by atoms with Gasteiger partial charge in [-0.05, 0) is 38.0 Å². The molecule has 2 saturated carbocycles. The normalized spacial score (nSPS) is 29.7. The van der Waals surface area contributed by atoms with Crippen LogP contribution in [0.2, 0.25) is 0 Å². The molecule has 0 spiro atoms. The van der Waals surface area contributed by atoms with E-state index in [0.29, 0.717) is 5.92 Å². The Labute approximate surface area is 111 Å². The Morgan fingerprint density at radius 1 is 1.11 bits per heavy atom. The highest BCUT2D eigenvalue weighted by molar-refractivity contribution is 5.82. The summed E-state index contributed by atoms with van der Waals surface area (Å²) in [6.07, 6.45) is 8.49. The van der Waals surface area contributed by atoms with E-state index in [0.717, 1.165) is 19.3 Å². The van der Waals surface area contributed by atoms with Gasteiger partial charge in [-0.1, -0.05) is 26.7 Å². The minimum absolute atomic E-state index is 0.216. The summed E-state index contributed by atoms with van der Waals surface area (Å²) in [5, 5.41) is 3.23. The molecule has 0 aliphatic heterocycles. The first-order chi connectivity index (χ1) is 8.55. The minimum Gasteiger partial charge on any atom is -0.379 e. The Morgan fingerprint density at radius 2 is 1.78 bits per heavy atom. The van der Waals surface area contributed by atoms with E-state index in [2.05, 4.69) is 19.2 Å². The Bertz CT molecular complexity index is 295. The molecule has 2 aliphatic carbocycles. The summed E-state index contributed by atoms with van der Waals surface area (Å²) in [4.78, 5) is 12.5. The first kappa shape index (κ1) is 13.9. The van der Waals surface area contributed by atoms with Crippen molar-refractivity contribution >= 4 is 5.91 Å². The molecule has 1 amide bonds. The Morgan fingerprint density at radius 3 is 2.39 bits per heavy atom. The Kier molecular flexibility index (Phi) is 4.31. The lowest BCUT2D eigenvalue weighted by molar-refractivity contribution is -0.133. The van der Waals surface area contributed by atoms with E-state index in [-0.39, 0.29) is 23.5 Å². The molecule has 0 aromatic rings. The van der Waals surface area contributed by atoms with Gasteiger partial charge < -0.3 is 10.1 Å². The Hall–Kier alpha value is -0.570. The zero-order valence-electron chi connectivity index (χ0n) is 12.0. The summed E-state index contributed by atoms with van der Waals surface area (Å²) < 4.78 is 5.45. The third kappa shape index (κ3) is 2.71. The molecule has 18 heavy (non-hydrogen) atoms. The van der Waals surface area contributed by atoms with Crippen molar-refractivity contribution in [3.05, 3.63) is 0 Å². The fraction of sp³-hybridized carbons (Fsp3) is 0.933. The zero-order chi connectivity index (χ0) is 13.2. The number of hydrogen-bond acceptors (Lipinski definition) is 2. The van der Waals surface area contributed by atoms with Crippen molar-refractivity contribution in [1.29, 1.82) is 0 Å². The van der Waals surface area contributed by atoms with Crippen LogP contribution in [0.5, 0.6) is 0 Å². The van der Waals surface area contributed by atoms with Crippen LogP contribution in [0.25, 0.3) is 0 Å². The molecule has 0 radical (unpaired) electrons. The van der Waals surface area contributed by atoms with Gasteiger partial charge in [-0.3, -0.25) is 4.79 Å². The molecule has 0 aromatic heterocycles. The van der Waals surface area contributed by atoms with Gasteiger partial charge >= 0.3 is 0 Å². The SMILES string of the molecule is CO[C@H]1CCC[C@H]1NC(=O)C(C)(C)C1CCCC1. The number of carbonyl (C=O) groups is 1. The van der Waals surface area contributed by atoms with E-state index in [1.807, 2.05) is 0 Å². The van der Waals surface area contributed by atoms with Gasteiger partial charge in [0.1, 0.15) is 0 Å². The number of carbonyl (C=O) groups excluding carboxylic acids is 1. The van der Waals surface area contributed by atoms with Crippen molar-refractivity contribution < 1.29 is 9.53 Å². The van der Waals surface area contributed by atoms with E-state index < -0.39 is 0 Å². The second kappa shape index (κ2) is 5.60. The standard InChI is InChI=1S/C15H27NO2/c1-15(2,11-7-4-5-8-11)14(17)16-12-9-6-10-13(12)18-3/h11-13H,4-10H2,1-3H3,(H,16,17)/t12-,13+/m1/s1. The predicted molar refractivity (Wildman–Crippen MR) is 72.3 cm³/mol. The van der Waals surface area contributed by atoms with Gasteiger partial charge in [-0.25, -0.2) is 0 Å². The van der Waals surface area contributed by atoms with Crippen LogP contribution in [0.1, 0.15) is 58.8 Å². The van der Waals surface area contributed by atoms with Crippen LogP contribution in [-0.2, 0) is 9.53 Å². The highest BCUT2D eigenvalue weighted by Gasteiger charge is 2.40. The van der Waals surface area contributed by atoms with Gasteiger partial charge in [0.05, 0.1) is 12.1 Å². The maximum absolute atomic E-state index is 12.5. The van der Waals surface area contributed by atoms with Crippen LogP contribution < -0.4 is 5.32 Å². The second-order valence-electron chi connectivity index (χ2n) is 6.49. The average molecular weight is 253 g/mol. The summed E-state index contributed by atoms with van der Waals surface area (Å²) >= 11 is 0. The topological polar surface area (TPSA) is 38.3 Å². The van der Waals surface area contributed by atoms with Crippen molar-refractivity contribution in [3.8, 4) is 0 Å². The smallest absolute Gasteiger partial charge is 0.226 e. The molecular weight excluding hydrogens is 226 g/mol. The van der Waals surface area contributed by atoms with Gasteiger partial charge in [0.15, 0.2) is 0 Å². The van der Waals surface area contributed by atoms with Crippen LogP contribution >= 0.6 is 0 Å². The van der Waals surface area contributed by atoms with E-state index in [4.69, 9.17) is 4.74 Å². The fourth-order valence-electron chi connectivity index (χ4n) is 3.56. The first-order valence-electron chi connectivity index (χ1n) is 7.39. The third-order valence-corrected chi connectivity index (χ3v) is 5.03. The molecule has 0 bridgehead atoms. The number of ether oxygens (including phenoxy) is 1. The fourth-order valence-corrected chi connectivity index (χ4v) is 3.56. The average Bonchev–Trinajstić information content (AvgIpc) is 2.99. The van der Waals surface area contributed by atoms with Gasteiger partial charge in [-0.2, -0.15) is 0 Å². The summed E-state index contributed by atoms with van der Waals surface area (Å²) in [5.41, 5.74) is -0.225. The van der Waals surface area contributed by atoms with Gasteiger partial charge in [0, 0.05) is 12.5 Å². The molecule has 2 atom stereocenters. The van der Waals surface area contributed by atoms with E-state index in [9.17, 15) is 4.79 Å². The summed E-state index contributed by atoms with van der Waals surface area (Å²) in [5.74, 6) is 0.781. The van der Waals surface area contributed by atoms with Crippen LogP contribution in [0.4, 0.5) is 0 Å². The first-order valence-corrected chi connectivity index (χ1v) is 7.39. The molecule has 104 valence electrons. The lowest BCUT2D eigenvalue weighted by atomic mass is 9.77. The summed E-state index contributed by atoms with van der Waals surface area (Å²) in [6, 6.07) is 0.225. The number of methoxy groups -OCH3 is 1. The molecule has 0 aromatic carbocycles. The summed E-state index contributed by atoms with van der Waals surface area (Å²) in [7, 11) is 1.75. The maximum Gasteiger partial charge on any atom is 0.226 e. The number of hydrogen-bond donors (Lipinski definition) is 1. The van der Waals surface area contributed by atoms with Crippen LogP contribution in [0.15, 0.2) is 0 Å². The largest absolute Gasteiger partial charge is 0.379 e. The molecule has 2 fully saturated rings. The zero-order valence-corrected chi connectivity index (χ0v) is 12.0. The van der Waals surface area contributed by atoms with Crippen LogP contribution in [-0.4, -0.2) is 25.2 Å². The minimum atomic E-state index is -0.225. The van der Waals surface area contributed by atoms with Crippen LogP contribution in [0, 0.1) is 11.3 Å². The maximum atomic E-state index is 12.5. The molecule has 1 N–H and O–H groups in total. The van der Waals surface area contributed by atoms with Crippen LogP contribution in [0.3, 0.4) is 0 Å². The highest BCUT2D eigenvalue weighted by atomic mass is 16.5. The number of rotatable bonds is 4. The van der Waals surface area contributed by atoms with Crippen molar-refractivity contribution in [1.82, 2.24) is 5.32 Å². The lowest BCUT2D eigenvalue weighted by Gasteiger charge is -2.32. The highest BCUT2D eigenvalue weighted by Crippen LogP contribution is 2.40. The molecule has 3 nitrogen and oxygen atoms in total. The molecule has 3 heteroatoms. The van der Waals surface area contributed by atoms with Crippen molar-refractivity contribution in [2.75, 3.05) is 7.11 Å². The van der Waals surface area contributed by atoms with Crippen molar-refractivity contribution in [2.45, 2.75) is 70.9 Å². The molecule has 0 saturated heterocycles. The second-order valence-corrected chi connectivity index (χ2v) is 6.49. The van der Waals surface area contributed by atoms with Gasteiger partial charge in [-0.15, -0.1) is 0 Å². The van der Waals surface area contributed by atoms with Crippen molar-refractivity contribution in [2.24, 2.45) is 11.3 Å². The van der Waals surface area contributed by atoms with Crippen molar-refractivity contribution in [3.63, 3.8) is 0 Å². The van der Waals surface area contributed by atoms with E-state index in [1.165, 1.54) is 25.7 Å². The molecule has 2 aliphatic rings. The Balaban J connectivity index is 1.93. The van der Waals surface area contributed by atoms with Gasteiger partial charge in [0.2, 0.25) is 5.91 Å². The van der Waals surface area contributed by atoms with Gasteiger partial charge in [0.25, 0.3) is 0 Å². The molecular formula is C15H27NO2. The molecule has 2 rings (SSSR count). The monoisotopic (exact) mass is 253 g/mol. The number of amides is 1. The quantitative estimate of drug-likeness (QED) is 0.836. The third-order valence-electron chi connectivity index (χ3n) is 5.03. The predicted octanol–water partition coefficient (Wildman–Crippen LogP) is 2.89. The molecule has 0 unspecified atom stereocenters. The summed E-state index contributed by atoms with van der Waals surface area (Å²) in [6.45, 7) is 4.21. The van der Waals surface area contributed by atoms with E-state index >= 15 is 0 Å². The molecule has 0 heterocycles. The van der Waals surface area contributed by atoms with E-state index in [1.54, 1.807) is 7.11 Å².